The lowest BCUT2D eigenvalue weighted by Crippen LogP contribution is -2.53. The molecule has 0 bridgehead atoms. The van der Waals surface area contributed by atoms with Crippen molar-refractivity contribution >= 4 is 22.7 Å². The summed E-state index contributed by atoms with van der Waals surface area (Å²) in [5.41, 5.74) is 2.92. The van der Waals surface area contributed by atoms with E-state index in [1.165, 1.54) is 10.9 Å². The number of nitrogens with zero attached hydrogens (tertiary/aromatic N) is 1. The molecule has 1 saturated heterocycles. The van der Waals surface area contributed by atoms with E-state index in [2.05, 4.69) is 44.9 Å². The van der Waals surface area contributed by atoms with Crippen LogP contribution in [0, 0.1) is 5.92 Å². The second-order valence-electron chi connectivity index (χ2n) is 10.0. The summed E-state index contributed by atoms with van der Waals surface area (Å²) in [4.78, 5) is 32.4. The Labute approximate surface area is 212 Å². The minimum atomic E-state index is -0.171. The normalized spacial score (nSPS) is 20.7. The number of carbonyl (C=O) groups is 2. The number of hydrogen-bond acceptors (Lipinski definition) is 4. The summed E-state index contributed by atoms with van der Waals surface area (Å²) in [6.07, 6.45) is 6.55. The number of H-pyrrole nitrogens is 1. The van der Waals surface area contributed by atoms with E-state index in [4.69, 9.17) is 4.74 Å². The van der Waals surface area contributed by atoms with Gasteiger partial charge in [-0.3, -0.25) is 9.59 Å². The average Bonchev–Trinajstić information content (AvgIpc) is 3.66. The number of methoxy groups -OCH3 is 1. The van der Waals surface area contributed by atoms with Crippen LogP contribution in [0.25, 0.3) is 10.9 Å². The molecule has 2 heterocycles. The van der Waals surface area contributed by atoms with E-state index in [9.17, 15) is 9.59 Å². The van der Waals surface area contributed by atoms with E-state index < -0.39 is 0 Å². The van der Waals surface area contributed by atoms with Gasteiger partial charge in [-0.2, -0.15) is 0 Å². The Morgan fingerprint density at radius 1 is 1.08 bits per heavy atom. The van der Waals surface area contributed by atoms with Crippen LogP contribution in [-0.4, -0.2) is 60.6 Å². The van der Waals surface area contributed by atoms with E-state index >= 15 is 0 Å². The lowest BCUT2D eigenvalue weighted by atomic mass is 9.91. The van der Waals surface area contributed by atoms with Crippen molar-refractivity contribution in [2.24, 2.45) is 5.92 Å². The fourth-order valence-electron chi connectivity index (χ4n) is 5.48. The predicted molar refractivity (Wildman–Crippen MR) is 141 cm³/mol. The zero-order valence-corrected chi connectivity index (χ0v) is 20.9. The molecule has 2 amide bonds. The highest BCUT2D eigenvalue weighted by atomic mass is 16.5. The number of aromatic amines is 1. The molecule has 1 aliphatic heterocycles. The maximum absolute atomic E-state index is 14.1. The molecule has 3 atom stereocenters. The minimum absolute atomic E-state index is 0.00409. The van der Waals surface area contributed by atoms with Gasteiger partial charge in [0.05, 0.1) is 12.0 Å². The van der Waals surface area contributed by atoms with Crippen LogP contribution in [0.15, 0.2) is 60.8 Å². The summed E-state index contributed by atoms with van der Waals surface area (Å²) < 4.78 is 5.36. The van der Waals surface area contributed by atoms with Gasteiger partial charge in [-0.1, -0.05) is 36.4 Å². The van der Waals surface area contributed by atoms with Crippen LogP contribution >= 0.6 is 0 Å². The van der Waals surface area contributed by atoms with Crippen LogP contribution in [0.3, 0.4) is 0 Å². The number of rotatable bonds is 10. The van der Waals surface area contributed by atoms with Gasteiger partial charge in [0.15, 0.2) is 0 Å². The average molecular weight is 489 g/mol. The first-order valence-corrected chi connectivity index (χ1v) is 13.1. The Bertz CT molecular complexity index is 1170. The molecule has 1 aliphatic carbocycles. The van der Waals surface area contributed by atoms with Crippen molar-refractivity contribution in [3.63, 3.8) is 0 Å². The van der Waals surface area contributed by atoms with Crippen molar-refractivity contribution in [3.05, 3.63) is 71.9 Å². The van der Waals surface area contributed by atoms with E-state index in [1.54, 1.807) is 7.11 Å². The first-order valence-electron chi connectivity index (χ1n) is 13.1. The van der Waals surface area contributed by atoms with Crippen molar-refractivity contribution in [1.29, 1.82) is 0 Å². The van der Waals surface area contributed by atoms with Gasteiger partial charge < -0.3 is 25.3 Å². The van der Waals surface area contributed by atoms with Crippen LogP contribution in [-0.2, 0) is 9.53 Å². The molecule has 3 aromatic rings. The molecule has 7 nitrogen and oxygen atoms in total. The number of benzene rings is 2. The lowest BCUT2D eigenvalue weighted by molar-refractivity contribution is -0.140. The summed E-state index contributed by atoms with van der Waals surface area (Å²) >= 11 is 0. The predicted octanol–water partition coefficient (Wildman–Crippen LogP) is 4.03. The quantitative estimate of drug-likeness (QED) is 0.376. The van der Waals surface area contributed by atoms with Gasteiger partial charge in [0.1, 0.15) is 0 Å². The second kappa shape index (κ2) is 11.3. The molecule has 0 radical (unpaired) electrons. The summed E-state index contributed by atoms with van der Waals surface area (Å²) in [7, 11) is 1.72. The van der Waals surface area contributed by atoms with Gasteiger partial charge in [0.25, 0.3) is 5.91 Å². The number of para-hydroxylation sites is 1. The summed E-state index contributed by atoms with van der Waals surface area (Å²) in [6, 6.07) is 17.8. The highest BCUT2D eigenvalue weighted by Gasteiger charge is 2.42. The van der Waals surface area contributed by atoms with Crippen molar-refractivity contribution in [2.75, 3.05) is 26.8 Å². The number of nitrogens with one attached hydrogen (secondary N) is 3. The Hall–Kier alpha value is -3.16. The molecule has 2 aliphatic rings. The Balaban J connectivity index is 1.35. The molecule has 7 heteroatoms. The van der Waals surface area contributed by atoms with Crippen molar-refractivity contribution < 1.29 is 14.3 Å². The molecule has 5 rings (SSSR count). The molecule has 1 aromatic heterocycles. The molecule has 1 saturated carbocycles. The molecule has 2 fully saturated rings. The van der Waals surface area contributed by atoms with E-state index in [0.717, 1.165) is 31.2 Å². The zero-order chi connectivity index (χ0) is 24.9. The van der Waals surface area contributed by atoms with Crippen LogP contribution in [0.1, 0.15) is 54.1 Å². The molecule has 36 heavy (non-hydrogen) atoms. The van der Waals surface area contributed by atoms with Crippen LogP contribution in [0.2, 0.25) is 0 Å². The largest absolute Gasteiger partial charge is 0.385 e. The number of aromatic nitrogens is 1. The third-order valence-electron chi connectivity index (χ3n) is 7.41. The summed E-state index contributed by atoms with van der Waals surface area (Å²) in [5.74, 6) is -0.0716. The smallest absolute Gasteiger partial charge is 0.251 e. The second-order valence-corrected chi connectivity index (χ2v) is 10.0. The maximum atomic E-state index is 14.1. The Morgan fingerprint density at radius 2 is 1.86 bits per heavy atom. The summed E-state index contributed by atoms with van der Waals surface area (Å²) in [6.45, 7) is 1.98. The molecular weight excluding hydrogens is 452 g/mol. The lowest BCUT2D eigenvalue weighted by Gasteiger charge is -2.38. The fourth-order valence-corrected chi connectivity index (χ4v) is 5.48. The fraction of sp³-hybridized carbons (Fsp3) is 0.448. The maximum Gasteiger partial charge on any atom is 0.251 e. The topological polar surface area (TPSA) is 86.5 Å². The van der Waals surface area contributed by atoms with Crippen molar-refractivity contribution in [1.82, 2.24) is 20.5 Å². The Kier molecular flexibility index (Phi) is 7.68. The van der Waals surface area contributed by atoms with Gasteiger partial charge in [-0.05, 0) is 55.9 Å². The van der Waals surface area contributed by atoms with E-state index in [1.807, 2.05) is 36.4 Å². The van der Waals surface area contributed by atoms with Crippen molar-refractivity contribution in [2.45, 2.75) is 50.2 Å². The third kappa shape index (κ3) is 5.47. The summed E-state index contributed by atoms with van der Waals surface area (Å²) in [5, 5.41) is 7.71. The van der Waals surface area contributed by atoms with Gasteiger partial charge in [0, 0.05) is 61.6 Å². The molecule has 1 unspecified atom stereocenters. The first kappa shape index (κ1) is 24.5. The van der Waals surface area contributed by atoms with E-state index in [-0.39, 0.29) is 35.9 Å². The molecule has 190 valence electrons. The third-order valence-corrected chi connectivity index (χ3v) is 7.41. The molecule has 2 aromatic carbocycles. The monoisotopic (exact) mass is 488 g/mol. The van der Waals surface area contributed by atoms with Crippen molar-refractivity contribution in [3.8, 4) is 0 Å². The molecule has 3 N–H and O–H groups in total. The van der Waals surface area contributed by atoms with Gasteiger partial charge in [-0.25, -0.2) is 0 Å². The standard InChI is InChI=1S/C29H36N4O3/c1-36-15-7-12-27(25-19-31-26-11-6-5-10-24(25)26)33(23-13-14-23)29(35)21-16-22(18-30-17-21)32-28(34)20-8-3-2-4-9-20/h2-6,8-11,19,21-23,27,30-31H,7,12-18H2,1H3,(H,32,34)/t21-,22-,27?/m0/s1. The minimum Gasteiger partial charge on any atom is -0.385 e. The number of fused-ring (bicyclic) bond motifs is 1. The number of hydrogen-bond donors (Lipinski definition) is 3. The number of carbonyl (C=O) groups excluding carboxylic acids is 2. The Morgan fingerprint density at radius 3 is 2.64 bits per heavy atom. The number of amides is 2. The highest BCUT2D eigenvalue weighted by molar-refractivity contribution is 5.94. The van der Waals surface area contributed by atoms with Crippen LogP contribution in [0.5, 0.6) is 0 Å². The molecular formula is C29H36N4O3. The molecule has 0 spiro atoms. The first-order chi connectivity index (χ1) is 17.7. The van der Waals surface area contributed by atoms with Gasteiger partial charge in [-0.15, -0.1) is 0 Å². The van der Waals surface area contributed by atoms with E-state index in [0.29, 0.717) is 31.7 Å². The van der Waals surface area contributed by atoms with Crippen LogP contribution < -0.4 is 10.6 Å². The van der Waals surface area contributed by atoms with Gasteiger partial charge in [0.2, 0.25) is 5.91 Å². The highest BCUT2D eigenvalue weighted by Crippen LogP contribution is 2.40. The number of piperidine rings is 1. The van der Waals surface area contributed by atoms with Crippen LogP contribution in [0.4, 0.5) is 0 Å². The SMILES string of the molecule is COCCCC(c1c[nH]c2ccccc12)N(C(=O)[C@@H]1CNC[C@@H](NC(=O)c2ccccc2)C1)C1CC1. The number of ether oxygens (including phenoxy) is 1. The van der Waals surface area contributed by atoms with Gasteiger partial charge >= 0.3 is 0 Å². The zero-order valence-electron chi connectivity index (χ0n) is 20.9.